The molecule has 1 N–H and O–H groups in total. The number of rotatable bonds is 5. The van der Waals surface area contributed by atoms with Crippen molar-refractivity contribution >= 4 is 11.9 Å². The van der Waals surface area contributed by atoms with Gasteiger partial charge >= 0.3 is 12.4 Å². The zero-order valence-corrected chi connectivity index (χ0v) is 16.3. The van der Waals surface area contributed by atoms with Gasteiger partial charge in [-0.3, -0.25) is 9.69 Å². The van der Waals surface area contributed by atoms with Crippen molar-refractivity contribution in [2.75, 3.05) is 0 Å². The van der Waals surface area contributed by atoms with Gasteiger partial charge in [0.05, 0.1) is 12.2 Å². The maximum Gasteiger partial charge on any atom is 0.573 e. The predicted molar refractivity (Wildman–Crippen MR) is 103 cm³/mol. The Labute approximate surface area is 175 Å². The van der Waals surface area contributed by atoms with E-state index >= 15 is 0 Å². The molecule has 2 aromatic carbocycles. The molecule has 2 heterocycles. The first-order chi connectivity index (χ1) is 14.7. The second kappa shape index (κ2) is 7.46. The molecule has 31 heavy (non-hydrogen) atoms. The number of nitrogens with zero attached hydrogens (tertiary/aromatic N) is 3. The number of hydrogen-bond acceptors (Lipinski definition) is 4. The average Bonchev–Trinajstić information content (AvgIpc) is 3.32. The van der Waals surface area contributed by atoms with Crippen molar-refractivity contribution < 1.29 is 27.5 Å². The highest BCUT2D eigenvalue weighted by Crippen LogP contribution is 2.32. The summed E-state index contributed by atoms with van der Waals surface area (Å²) < 4.78 is 42.6. The summed E-state index contributed by atoms with van der Waals surface area (Å²) >= 11 is 0. The Morgan fingerprint density at radius 3 is 2.32 bits per heavy atom. The number of imide groups is 1. The number of carbonyl (C=O) groups excluding carboxylic acids is 2. The molecule has 1 unspecified atom stereocenters. The van der Waals surface area contributed by atoms with E-state index < -0.39 is 29.6 Å². The number of nitrogens with one attached hydrogen (secondary N) is 1. The molecule has 3 aromatic rings. The summed E-state index contributed by atoms with van der Waals surface area (Å²) in [7, 11) is 0. The minimum Gasteiger partial charge on any atom is -0.406 e. The molecule has 160 valence electrons. The molecule has 3 amide bonds. The summed E-state index contributed by atoms with van der Waals surface area (Å²) in [4.78, 5) is 26.6. The van der Waals surface area contributed by atoms with Gasteiger partial charge in [-0.2, -0.15) is 5.10 Å². The molecule has 0 bridgehead atoms. The van der Waals surface area contributed by atoms with Crippen molar-refractivity contribution in [3.63, 3.8) is 0 Å². The zero-order chi connectivity index (χ0) is 22.2. The number of aromatic nitrogens is 2. The lowest BCUT2D eigenvalue weighted by atomic mass is 9.92. The topological polar surface area (TPSA) is 76.5 Å². The van der Waals surface area contributed by atoms with E-state index in [1.165, 1.54) is 19.1 Å². The highest BCUT2D eigenvalue weighted by molar-refractivity contribution is 6.07. The predicted octanol–water partition coefficient (Wildman–Crippen LogP) is 3.74. The van der Waals surface area contributed by atoms with Crippen LogP contribution in [0.3, 0.4) is 0 Å². The number of halogens is 3. The number of carbonyl (C=O) groups is 2. The number of benzene rings is 2. The molecular weight excluding hydrogens is 413 g/mol. The summed E-state index contributed by atoms with van der Waals surface area (Å²) in [5.74, 6) is -0.913. The first-order valence-electron chi connectivity index (χ1n) is 9.25. The summed E-state index contributed by atoms with van der Waals surface area (Å²) in [5, 5.41) is 6.77. The van der Waals surface area contributed by atoms with Crippen molar-refractivity contribution in [3.8, 4) is 11.4 Å². The highest BCUT2D eigenvalue weighted by atomic mass is 19.4. The smallest absolute Gasteiger partial charge is 0.406 e. The molecule has 1 fully saturated rings. The Bertz CT molecular complexity index is 1100. The zero-order valence-electron chi connectivity index (χ0n) is 16.3. The van der Waals surface area contributed by atoms with Crippen molar-refractivity contribution in [1.29, 1.82) is 0 Å². The molecule has 1 saturated heterocycles. The molecule has 1 aliphatic rings. The van der Waals surface area contributed by atoms with Crippen LogP contribution in [0.25, 0.3) is 5.69 Å². The summed E-state index contributed by atoms with van der Waals surface area (Å²) in [5.41, 5.74) is 0.509. The number of ether oxygens (including phenoxy) is 1. The molecule has 1 atom stereocenters. The van der Waals surface area contributed by atoms with Crippen LogP contribution in [-0.2, 0) is 16.9 Å². The van der Waals surface area contributed by atoms with Crippen LogP contribution in [0.15, 0.2) is 67.0 Å². The van der Waals surface area contributed by atoms with Gasteiger partial charge in [0.25, 0.3) is 5.91 Å². The first kappa shape index (κ1) is 20.5. The Morgan fingerprint density at radius 2 is 1.74 bits per heavy atom. The molecule has 4 rings (SSSR count). The second-order valence-corrected chi connectivity index (χ2v) is 7.14. The average molecular weight is 430 g/mol. The lowest BCUT2D eigenvalue weighted by molar-refractivity contribution is -0.274. The van der Waals surface area contributed by atoms with Gasteiger partial charge in [-0.05, 0) is 48.4 Å². The van der Waals surface area contributed by atoms with Crippen LogP contribution < -0.4 is 10.1 Å². The minimum atomic E-state index is -4.81. The van der Waals surface area contributed by atoms with Crippen LogP contribution in [0, 0.1) is 0 Å². The number of amides is 3. The third-order valence-corrected chi connectivity index (χ3v) is 4.99. The Morgan fingerprint density at radius 1 is 1.06 bits per heavy atom. The van der Waals surface area contributed by atoms with Crippen LogP contribution in [0.1, 0.15) is 18.1 Å². The second-order valence-electron chi connectivity index (χ2n) is 7.14. The van der Waals surface area contributed by atoms with E-state index in [-0.39, 0.29) is 6.54 Å². The van der Waals surface area contributed by atoms with E-state index in [1.54, 1.807) is 35.3 Å². The molecule has 0 radical (unpaired) electrons. The first-order valence-corrected chi connectivity index (χ1v) is 9.25. The highest BCUT2D eigenvalue weighted by Gasteiger charge is 2.49. The Hall–Kier alpha value is -3.82. The van der Waals surface area contributed by atoms with E-state index in [1.807, 2.05) is 12.1 Å². The number of hydrogen-bond donors (Lipinski definition) is 1. The van der Waals surface area contributed by atoms with Crippen molar-refractivity contribution in [2.45, 2.75) is 25.4 Å². The Kier molecular flexibility index (Phi) is 4.92. The van der Waals surface area contributed by atoms with Crippen LogP contribution in [0.5, 0.6) is 5.75 Å². The molecule has 10 heteroatoms. The maximum atomic E-state index is 13.0. The van der Waals surface area contributed by atoms with E-state index in [4.69, 9.17) is 0 Å². The fourth-order valence-corrected chi connectivity index (χ4v) is 3.38. The van der Waals surface area contributed by atoms with Gasteiger partial charge < -0.3 is 10.1 Å². The number of alkyl halides is 3. The van der Waals surface area contributed by atoms with Gasteiger partial charge in [0, 0.05) is 12.4 Å². The third-order valence-electron chi connectivity index (χ3n) is 4.99. The monoisotopic (exact) mass is 430 g/mol. The van der Waals surface area contributed by atoms with Crippen molar-refractivity contribution in [2.24, 2.45) is 0 Å². The van der Waals surface area contributed by atoms with Crippen molar-refractivity contribution in [3.05, 3.63) is 78.1 Å². The summed E-state index contributed by atoms with van der Waals surface area (Å²) in [6.07, 6.45) is -1.36. The van der Waals surface area contributed by atoms with E-state index in [0.29, 0.717) is 5.56 Å². The van der Waals surface area contributed by atoms with E-state index in [9.17, 15) is 22.8 Å². The molecule has 7 nitrogen and oxygen atoms in total. The normalized spacial score (nSPS) is 18.9. The fraction of sp³-hybridized carbons (Fsp3) is 0.190. The van der Waals surface area contributed by atoms with Crippen molar-refractivity contribution in [1.82, 2.24) is 20.0 Å². The SMILES string of the molecule is CC1(c2ccc(OC(F)(F)F)cc2)NC(=O)N(Cc2ccc(-n3cccn3)cc2)C1=O. The van der Waals surface area contributed by atoms with Crippen LogP contribution in [-0.4, -0.2) is 33.0 Å². The van der Waals surface area contributed by atoms with Gasteiger partial charge in [0.1, 0.15) is 11.3 Å². The van der Waals surface area contributed by atoms with Crippen LogP contribution in [0.2, 0.25) is 0 Å². The molecule has 0 aliphatic carbocycles. The van der Waals surface area contributed by atoms with Gasteiger partial charge in [0.2, 0.25) is 0 Å². The Balaban J connectivity index is 1.50. The minimum absolute atomic E-state index is 0.0505. The van der Waals surface area contributed by atoms with E-state index in [2.05, 4.69) is 15.2 Å². The quantitative estimate of drug-likeness (QED) is 0.626. The largest absolute Gasteiger partial charge is 0.573 e. The maximum absolute atomic E-state index is 13.0. The number of urea groups is 1. The molecular formula is C21H17F3N4O3. The summed E-state index contributed by atoms with van der Waals surface area (Å²) in [6, 6.07) is 13.3. The van der Waals surface area contributed by atoms with Gasteiger partial charge in [-0.25, -0.2) is 9.48 Å². The summed E-state index contributed by atoms with van der Waals surface area (Å²) in [6.45, 7) is 1.56. The molecule has 1 aliphatic heterocycles. The molecule has 0 spiro atoms. The van der Waals surface area contributed by atoms with Gasteiger partial charge in [-0.15, -0.1) is 13.2 Å². The van der Waals surface area contributed by atoms with Crippen LogP contribution >= 0.6 is 0 Å². The van der Waals surface area contributed by atoms with Gasteiger partial charge in [-0.1, -0.05) is 24.3 Å². The van der Waals surface area contributed by atoms with Crippen LogP contribution in [0.4, 0.5) is 18.0 Å². The molecule has 1 aromatic heterocycles. The van der Waals surface area contributed by atoms with Gasteiger partial charge in [0.15, 0.2) is 0 Å². The third kappa shape index (κ3) is 4.09. The fourth-order valence-electron chi connectivity index (χ4n) is 3.38. The lowest BCUT2D eigenvalue weighted by Crippen LogP contribution is -2.40. The van der Waals surface area contributed by atoms with E-state index in [0.717, 1.165) is 28.3 Å². The standard InChI is InChI=1S/C21H17F3N4O3/c1-20(15-5-9-17(10-6-15)31-21(22,23)24)18(29)27(19(30)26-20)13-14-3-7-16(8-4-14)28-12-2-11-25-28/h2-12H,13H2,1H3,(H,26,30). The molecule has 0 saturated carbocycles. The lowest BCUT2D eigenvalue weighted by Gasteiger charge is -2.22.